The minimum Gasteiger partial charge on any atom is -0.484 e. The van der Waals surface area contributed by atoms with E-state index in [9.17, 15) is 9.59 Å². The summed E-state index contributed by atoms with van der Waals surface area (Å²) in [5.74, 6) is 0.148. The molecule has 2 aromatic carbocycles. The van der Waals surface area contributed by atoms with Crippen LogP contribution in [0.5, 0.6) is 5.75 Å². The monoisotopic (exact) mass is 568 g/mol. The van der Waals surface area contributed by atoms with Gasteiger partial charge in [0.2, 0.25) is 5.91 Å². The van der Waals surface area contributed by atoms with Gasteiger partial charge in [-0.05, 0) is 68.5 Å². The molecule has 1 aliphatic carbocycles. The molecule has 0 radical (unpaired) electrons. The molecule has 1 unspecified atom stereocenters. The fourth-order valence-electron chi connectivity index (χ4n) is 4.36. The van der Waals surface area contributed by atoms with Crippen LogP contribution in [-0.4, -0.2) is 35.4 Å². The average molecular weight is 570 g/mol. The zero-order chi connectivity index (χ0) is 24.8. The predicted octanol–water partition coefficient (Wildman–Crippen LogP) is 6.62. The maximum atomic E-state index is 13.4. The summed E-state index contributed by atoms with van der Waals surface area (Å²) in [6, 6.07) is 8.48. The summed E-state index contributed by atoms with van der Waals surface area (Å²) in [6.45, 7) is 5.76. The Morgan fingerprint density at radius 2 is 1.74 bits per heavy atom. The van der Waals surface area contributed by atoms with E-state index in [1.807, 2.05) is 32.9 Å². The molecule has 1 fully saturated rings. The molecule has 184 valence electrons. The average Bonchev–Trinajstić information content (AvgIpc) is 3.30. The number of amides is 2. The molecule has 3 rings (SSSR count). The molecule has 2 aromatic rings. The van der Waals surface area contributed by atoms with Gasteiger partial charge in [0.1, 0.15) is 11.8 Å². The van der Waals surface area contributed by atoms with E-state index in [-0.39, 0.29) is 31.0 Å². The van der Waals surface area contributed by atoms with Crippen LogP contribution >= 0.6 is 39.1 Å². The van der Waals surface area contributed by atoms with Crippen LogP contribution in [0.15, 0.2) is 34.8 Å². The molecule has 2 amide bonds. The van der Waals surface area contributed by atoms with E-state index in [0.717, 1.165) is 41.3 Å². The number of hydrogen-bond donors (Lipinski definition) is 1. The lowest BCUT2D eigenvalue weighted by Crippen LogP contribution is -2.52. The van der Waals surface area contributed by atoms with Crippen LogP contribution in [-0.2, 0) is 16.1 Å². The molecule has 1 aliphatic rings. The molecular formula is C26H31BrCl2N2O3. The number of carbonyl (C=O) groups is 2. The fraction of sp³-hybridized carbons (Fsp3) is 0.462. The number of carbonyl (C=O) groups excluding carboxylic acids is 2. The van der Waals surface area contributed by atoms with Gasteiger partial charge in [-0.1, -0.05) is 65.0 Å². The molecular weight excluding hydrogens is 539 g/mol. The number of aryl methyl sites for hydroxylation is 2. The molecule has 1 atom stereocenters. The fourth-order valence-corrected chi connectivity index (χ4v) is 5.10. The van der Waals surface area contributed by atoms with Crippen LogP contribution in [0.1, 0.15) is 55.7 Å². The van der Waals surface area contributed by atoms with Crippen LogP contribution in [0.4, 0.5) is 0 Å². The third-order valence-corrected chi connectivity index (χ3v) is 8.21. The molecule has 34 heavy (non-hydrogen) atoms. The Bertz CT molecular complexity index is 997. The summed E-state index contributed by atoms with van der Waals surface area (Å²) in [6.07, 6.45) is 4.62. The number of halogens is 3. The third-order valence-electron chi connectivity index (χ3n) is 6.25. The Morgan fingerprint density at radius 3 is 2.29 bits per heavy atom. The van der Waals surface area contributed by atoms with Crippen LogP contribution < -0.4 is 10.1 Å². The molecule has 8 heteroatoms. The topological polar surface area (TPSA) is 58.6 Å². The second-order valence-corrected chi connectivity index (χ2v) is 10.4. The van der Waals surface area contributed by atoms with Crippen LogP contribution in [0.3, 0.4) is 0 Å². The van der Waals surface area contributed by atoms with Crippen molar-refractivity contribution in [3.05, 3.63) is 61.5 Å². The van der Waals surface area contributed by atoms with Crippen molar-refractivity contribution in [2.45, 2.75) is 71.5 Å². The van der Waals surface area contributed by atoms with Gasteiger partial charge in [-0.3, -0.25) is 9.59 Å². The predicted molar refractivity (Wildman–Crippen MR) is 141 cm³/mol. The SMILES string of the molecule is CCC(C(=O)NC1CCCC1)N(Cc1c(Cl)cccc1Cl)C(=O)COc1cc(C)c(Br)c(C)c1. The Labute approximate surface area is 220 Å². The molecule has 1 saturated carbocycles. The van der Waals surface area contributed by atoms with E-state index in [0.29, 0.717) is 27.8 Å². The van der Waals surface area contributed by atoms with Crippen LogP contribution in [0.25, 0.3) is 0 Å². The van der Waals surface area contributed by atoms with Crippen molar-refractivity contribution in [1.29, 1.82) is 0 Å². The zero-order valence-corrected chi connectivity index (χ0v) is 22.9. The van der Waals surface area contributed by atoms with E-state index < -0.39 is 6.04 Å². The highest BCUT2D eigenvalue weighted by Crippen LogP contribution is 2.29. The maximum absolute atomic E-state index is 13.4. The number of ether oxygens (including phenoxy) is 1. The van der Waals surface area contributed by atoms with Gasteiger partial charge in [-0.25, -0.2) is 0 Å². The highest BCUT2D eigenvalue weighted by molar-refractivity contribution is 9.10. The van der Waals surface area contributed by atoms with Crippen molar-refractivity contribution >= 4 is 50.9 Å². The summed E-state index contributed by atoms with van der Waals surface area (Å²) in [5.41, 5.74) is 2.65. The highest BCUT2D eigenvalue weighted by atomic mass is 79.9. The van der Waals surface area contributed by atoms with E-state index in [4.69, 9.17) is 27.9 Å². The van der Waals surface area contributed by atoms with Gasteiger partial charge in [-0.2, -0.15) is 0 Å². The van der Waals surface area contributed by atoms with Crippen molar-refractivity contribution in [2.24, 2.45) is 0 Å². The van der Waals surface area contributed by atoms with Gasteiger partial charge in [0, 0.05) is 32.7 Å². The summed E-state index contributed by atoms with van der Waals surface area (Å²) < 4.78 is 6.87. The van der Waals surface area contributed by atoms with E-state index in [1.54, 1.807) is 18.2 Å². The van der Waals surface area contributed by atoms with Gasteiger partial charge in [0.05, 0.1) is 0 Å². The van der Waals surface area contributed by atoms with Crippen molar-refractivity contribution in [2.75, 3.05) is 6.61 Å². The standard InChI is InChI=1S/C26H31BrCl2N2O3/c1-4-23(26(33)30-18-8-5-6-9-18)31(14-20-21(28)10-7-11-22(20)29)24(32)15-34-19-12-16(2)25(27)17(3)13-19/h7,10-13,18,23H,4-6,8-9,14-15H2,1-3H3,(H,30,33). The lowest BCUT2D eigenvalue weighted by Gasteiger charge is -2.32. The highest BCUT2D eigenvalue weighted by Gasteiger charge is 2.31. The maximum Gasteiger partial charge on any atom is 0.261 e. The second kappa shape index (κ2) is 12.3. The number of hydrogen-bond acceptors (Lipinski definition) is 3. The van der Waals surface area contributed by atoms with Crippen molar-refractivity contribution in [1.82, 2.24) is 10.2 Å². The minimum absolute atomic E-state index is 0.121. The van der Waals surface area contributed by atoms with Crippen LogP contribution in [0.2, 0.25) is 10.0 Å². The van der Waals surface area contributed by atoms with Crippen molar-refractivity contribution in [3.63, 3.8) is 0 Å². The largest absolute Gasteiger partial charge is 0.484 e. The van der Waals surface area contributed by atoms with Crippen molar-refractivity contribution < 1.29 is 14.3 Å². The summed E-state index contributed by atoms with van der Waals surface area (Å²) in [5, 5.41) is 4.04. The molecule has 1 N–H and O–H groups in total. The van der Waals surface area contributed by atoms with Crippen molar-refractivity contribution in [3.8, 4) is 5.75 Å². The molecule has 0 aromatic heterocycles. The van der Waals surface area contributed by atoms with Gasteiger partial charge >= 0.3 is 0 Å². The summed E-state index contributed by atoms with van der Waals surface area (Å²) >= 11 is 16.4. The summed E-state index contributed by atoms with van der Waals surface area (Å²) in [4.78, 5) is 28.2. The normalized spacial score (nSPS) is 14.6. The lowest BCUT2D eigenvalue weighted by molar-refractivity contribution is -0.143. The second-order valence-electron chi connectivity index (χ2n) is 8.80. The summed E-state index contributed by atoms with van der Waals surface area (Å²) in [7, 11) is 0. The van der Waals surface area contributed by atoms with E-state index in [2.05, 4.69) is 21.2 Å². The first-order valence-electron chi connectivity index (χ1n) is 11.6. The van der Waals surface area contributed by atoms with E-state index >= 15 is 0 Å². The van der Waals surface area contributed by atoms with Gasteiger partial charge < -0.3 is 15.0 Å². The number of benzene rings is 2. The molecule has 0 heterocycles. The van der Waals surface area contributed by atoms with Gasteiger partial charge in [-0.15, -0.1) is 0 Å². The first kappa shape index (κ1) is 26.8. The minimum atomic E-state index is -0.655. The molecule has 0 bridgehead atoms. The Morgan fingerprint density at radius 1 is 1.15 bits per heavy atom. The molecule has 0 spiro atoms. The smallest absolute Gasteiger partial charge is 0.261 e. The number of nitrogens with one attached hydrogen (secondary N) is 1. The van der Waals surface area contributed by atoms with Gasteiger partial charge in [0.15, 0.2) is 6.61 Å². The van der Waals surface area contributed by atoms with E-state index in [1.165, 1.54) is 4.90 Å². The third kappa shape index (κ3) is 6.67. The Hall–Kier alpha value is -1.76. The Balaban J connectivity index is 1.83. The molecule has 5 nitrogen and oxygen atoms in total. The quantitative estimate of drug-likeness (QED) is 0.369. The first-order valence-corrected chi connectivity index (χ1v) is 13.2. The zero-order valence-electron chi connectivity index (χ0n) is 19.8. The first-order chi connectivity index (χ1) is 16.2. The van der Waals surface area contributed by atoms with Crippen LogP contribution in [0, 0.1) is 13.8 Å². The molecule has 0 saturated heterocycles. The lowest BCUT2D eigenvalue weighted by atomic mass is 10.1. The van der Waals surface area contributed by atoms with Gasteiger partial charge in [0.25, 0.3) is 5.91 Å². The number of rotatable bonds is 9. The Kier molecular flexibility index (Phi) is 9.69. The molecule has 0 aliphatic heterocycles. The number of nitrogens with zero attached hydrogens (tertiary/aromatic N) is 1.